The van der Waals surface area contributed by atoms with E-state index in [1.165, 1.54) is 5.56 Å². The van der Waals surface area contributed by atoms with Crippen LogP contribution in [0.15, 0.2) is 30.3 Å². The van der Waals surface area contributed by atoms with E-state index in [-0.39, 0.29) is 12.1 Å². The lowest BCUT2D eigenvalue weighted by atomic mass is 9.68. The molecule has 1 aliphatic carbocycles. The van der Waals surface area contributed by atoms with Crippen LogP contribution in [-0.2, 0) is 5.54 Å². The third-order valence-corrected chi connectivity index (χ3v) is 6.33. The first-order chi connectivity index (χ1) is 12.2. The second-order valence-corrected chi connectivity index (χ2v) is 7.83. The van der Waals surface area contributed by atoms with E-state index in [0.717, 1.165) is 25.7 Å². The molecule has 3 rings (SSSR count). The highest BCUT2D eigenvalue weighted by atomic mass is 19.4. The standard InChI is InChI=1S/C19H28F3N3O/c1-24(2)18(15-6-4-3-5-7-15)10-8-17(9-11-18)14-23-16(26)25(17)13-12-19(20,21)22/h3-7,16,23,26H,8-14H2,1-2H3. The minimum atomic E-state index is -4.21. The van der Waals surface area contributed by atoms with Gasteiger partial charge < -0.3 is 5.11 Å². The van der Waals surface area contributed by atoms with Crippen LogP contribution in [0.4, 0.5) is 13.2 Å². The molecule has 1 saturated heterocycles. The summed E-state index contributed by atoms with van der Waals surface area (Å²) >= 11 is 0. The largest absolute Gasteiger partial charge is 0.390 e. The Morgan fingerprint density at radius 2 is 1.77 bits per heavy atom. The third kappa shape index (κ3) is 3.63. The Bertz CT molecular complexity index is 598. The van der Waals surface area contributed by atoms with Gasteiger partial charge in [0.25, 0.3) is 0 Å². The van der Waals surface area contributed by atoms with Gasteiger partial charge in [-0.1, -0.05) is 30.3 Å². The SMILES string of the molecule is CN(C)C1(c2ccccc2)CCC2(CC1)CNC(O)N2CCC(F)(F)F. The highest BCUT2D eigenvalue weighted by Gasteiger charge is 2.52. The van der Waals surface area contributed by atoms with Gasteiger partial charge >= 0.3 is 6.18 Å². The number of nitrogens with one attached hydrogen (secondary N) is 1. The first-order valence-electron chi connectivity index (χ1n) is 9.17. The van der Waals surface area contributed by atoms with Crippen LogP contribution in [0.2, 0.25) is 0 Å². The molecular formula is C19H28F3N3O. The molecular weight excluding hydrogens is 343 g/mol. The fourth-order valence-electron chi connectivity index (χ4n) is 4.69. The van der Waals surface area contributed by atoms with E-state index < -0.39 is 24.5 Å². The van der Waals surface area contributed by atoms with Crippen LogP contribution in [-0.4, -0.2) is 60.2 Å². The van der Waals surface area contributed by atoms with Crippen molar-refractivity contribution in [3.8, 4) is 0 Å². The van der Waals surface area contributed by atoms with E-state index in [0.29, 0.717) is 6.54 Å². The molecule has 2 aliphatic rings. The molecule has 4 nitrogen and oxygen atoms in total. The van der Waals surface area contributed by atoms with Crippen LogP contribution in [0.5, 0.6) is 0 Å². The fraction of sp³-hybridized carbons (Fsp3) is 0.684. The van der Waals surface area contributed by atoms with Crippen molar-refractivity contribution in [2.45, 2.75) is 55.7 Å². The molecule has 1 unspecified atom stereocenters. The van der Waals surface area contributed by atoms with Gasteiger partial charge in [-0.15, -0.1) is 0 Å². The van der Waals surface area contributed by atoms with E-state index in [9.17, 15) is 18.3 Å². The highest BCUT2D eigenvalue weighted by molar-refractivity contribution is 5.26. The van der Waals surface area contributed by atoms with Crippen LogP contribution in [0.3, 0.4) is 0 Å². The topological polar surface area (TPSA) is 38.7 Å². The molecule has 1 aromatic rings. The first kappa shape index (κ1) is 19.6. The summed E-state index contributed by atoms with van der Waals surface area (Å²) in [4.78, 5) is 3.86. The van der Waals surface area contributed by atoms with Gasteiger partial charge in [0.1, 0.15) is 0 Å². The lowest BCUT2D eigenvalue weighted by molar-refractivity contribution is -0.149. The van der Waals surface area contributed by atoms with Gasteiger partial charge in [0.2, 0.25) is 0 Å². The highest BCUT2D eigenvalue weighted by Crippen LogP contribution is 2.48. The smallest absolute Gasteiger partial charge is 0.365 e. The van der Waals surface area contributed by atoms with E-state index in [1.807, 2.05) is 18.2 Å². The molecule has 2 fully saturated rings. The molecule has 0 amide bonds. The number of nitrogens with zero attached hydrogens (tertiary/aromatic N) is 2. The summed E-state index contributed by atoms with van der Waals surface area (Å²) in [6.07, 6.45) is -2.91. The lowest BCUT2D eigenvalue weighted by Gasteiger charge is -2.51. The molecule has 7 heteroatoms. The van der Waals surface area contributed by atoms with Gasteiger partial charge in [0, 0.05) is 24.2 Å². The molecule has 1 aliphatic heterocycles. The number of hydrogen-bond acceptors (Lipinski definition) is 4. The molecule has 2 N–H and O–H groups in total. The maximum Gasteiger partial charge on any atom is 0.390 e. The molecule has 0 aromatic heterocycles. The molecule has 1 spiro atoms. The van der Waals surface area contributed by atoms with Gasteiger partial charge in [-0.3, -0.25) is 15.1 Å². The molecule has 26 heavy (non-hydrogen) atoms. The molecule has 0 bridgehead atoms. The van der Waals surface area contributed by atoms with E-state index in [2.05, 4.69) is 36.4 Å². The summed E-state index contributed by atoms with van der Waals surface area (Å²) in [6.45, 7) is 0.363. The van der Waals surface area contributed by atoms with Gasteiger partial charge in [0.05, 0.1) is 6.42 Å². The summed E-state index contributed by atoms with van der Waals surface area (Å²) in [7, 11) is 4.13. The minimum Gasteiger partial charge on any atom is -0.365 e. The Balaban J connectivity index is 1.78. The Kier molecular flexibility index (Phi) is 5.36. The molecule has 1 atom stereocenters. The van der Waals surface area contributed by atoms with E-state index in [4.69, 9.17) is 0 Å². The van der Waals surface area contributed by atoms with E-state index in [1.54, 1.807) is 4.90 Å². The van der Waals surface area contributed by atoms with Crippen molar-refractivity contribution < 1.29 is 18.3 Å². The fourth-order valence-corrected chi connectivity index (χ4v) is 4.69. The van der Waals surface area contributed by atoms with Crippen molar-refractivity contribution in [1.29, 1.82) is 0 Å². The number of benzene rings is 1. The van der Waals surface area contributed by atoms with Crippen LogP contribution in [0.1, 0.15) is 37.7 Å². The van der Waals surface area contributed by atoms with Crippen molar-refractivity contribution in [1.82, 2.24) is 15.1 Å². The Morgan fingerprint density at radius 1 is 1.15 bits per heavy atom. The predicted octanol–water partition coefficient (Wildman–Crippen LogP) is 2.89. The van der Waals surface area contributed by atoms with Crippen LogP contribution in [0.25, 0.3) is 0 Å². The van der Waals surface area contributed by atoms with Crippen molar-refractivity contribution in [2.75, 3.05) is 27.2 Å². The monoisotopic (exact) mass is 371 g/mol. The molecule has 0 radical (unpaired) electrons. The maximum absolute atomic E-state index is 12.7. The van der Waals surface area contributed by atoms with E-state index >= 15 is 0 Å². The number of aliphatic hydroxyl groups is 1. The second-order valence-electron chi connectivity index (χ2n) is 7.83. The molecule has 1 aromatic carbocycles. The summed E-state index contributed by atoms with van der Waals surface area (Å²) in [5.74, 6) is 0. The normalized spacial score (nSPS) is 33.3. The average molecular weight is 371 g/mol. The number of alkyl halides is 3. The molecule has 146 valence electrons. The number of halogens is 3. The van der Waals surface area contributed by atoms with Crippen LogP contribution in [0, 0.1) is 0 Å². The quantitative estimate of drug-likeness (QED) is 0.854. The second kappa shape index (κ2) is 7.11. The van der Waals surface area contributed by atoms with Crippen molar-refractivity contribution >= 4 is 0 Å². The zero-order valence-electron chi connectivity index (χ0n) is 15.4. The number of hydrogen-bond donors (Lipinski definition) is 2. The Hall–Kier alpha value is -1.15. The number of rotatable bonds is 4. The zero-order chi connectivity index (χ0) is 19.0. The Morgan fingerprint density at radius 3 is 2.31 bits per heavy atom. The summed E-state index contributed by atoms with van der Waals surface area (Å²) in [5.41, 5.74) is 0.725. The first-order valence-corrected chi connectivity index (χ1v) is 9.17. The maximum atomic E-state index is 12.7. The van der Waals surface area contributed by atoms with Crippen molar-refractivity contribution in [2.24, 2.45) is 0 Å². The van der Waals surface area contributed by atoms with Gasteiger partial charge in [-0.05, 0) is 45.3 Å². The average Bonchev–Trinajstić information content (AvgIpc) is 2.90. The van der Waals surface area contributed by atoms with Crippen molar-refractivity contribution in [3.63, 3.8) is 0 Å². The summed E-state index contributed by atoms with van der Waals surface area (Å²) < 4.78 is 38.1. The minimum absolute atomic E-state index is 0.115. The zero-order valence-corrected chi connectivity index (χ0v) is 15.4. The third-order valence-electron chi connectivity index (χ3n) is 6.33. The van der Waals surface area contributed by atoms with Gasteiger partial charge in [0.15, 0.2) is 6.35 Å². The van der Waals surface area contributed by atoms with Crippen LogP contribution < -0.4 is 5.32 Å². The summed E-state index contributed by atoms with van der Waals surface area (Å²) in [6, 6.07) is 10.3. The predicted molar refractivity (Wildman–Crippen MR) is 94.4 cm³/mol. The molecule has 1 heterocycles. The Labute approximate surface area is 153 Å². The van der Waals surface area contributed by atoms with Crippen molar-refractivity contribution in [3.05, 3.63) is 35.9 Å². The van der Waals surface area contributed by atoms with Gasteiger partial charge in [-0.25, -0.2) is 0 Å². The summed E-state index contributed by atoms with van der Waals surface area (Å²) in [5, 5.41) is 13.2. The van der Waals surface area contributed by atoms with Gasteiger partial charge in [-0.2, -0.15) is 13.2 Å². The lowest BCUT2D eigenvalue weighted by Crippen LogP contribution is -2.56. The van der Waals surface area contributed by atoms with Crippen LogP contribution >= 0.6 is 0 Å². The number of aliphatic hydroxyl groups excluding tert-OH is 1. The molecule has 1 saturated carbocycles.